The quantitative estimate of drug-likeness (QED) is 0.765. The molecule has 0 aliphatic carbocycles. The topological polar surface area (TPSA) is 71.2 Å². The Morgan fingerprint density at radius 2 is 2.33 bits per heavy atom. The highest BCUT2D eigenvalue weighted by Gasteiger charge is 2.13. The highest BCUT2D eigenvalue weighted by atomic mass is 32.1. The maximum atomic E-state index is 11.9. The summed E-state index contributed by atoms with van der Waals surface area (Å²) in [6.07, 6.45) is 1.66. The van der Waals surface area contributed by atoms with Gasteiger partial charge in [0.2, 0.25) is 0 Å². The van der Waals surface area contributed by atoms with Crippen LogP contribution < -0.4 is 11.1 Å². The summed E-state index contributed by atoms with van der Waals surface area (Å²) >= 11 is 1.49. The fourth-order valence-electron chi connectivity index (χ4n) is 1.48. The molecule has 0 saturated carbocycles. The summed E-state index contributed by atoms with van der Waals surface area (Å²) in [4.78, 5) is 18.3. The van der Waals surface area contributed by atoms with E-state index >= 15 is 0 Å². The highest BCUT2D eigenvalue weighted by Crippen LogP contribution is 2.10. The van der Waals surface area contributed by atoms with Crippen LogP contribution in [0.1, 0.15) is 28.8 Å². The van der Waals surface area contributed by atoms with Crippen molar-refractivity contribution in [1.29, 1.82) is 0 Å². The maximum Gasteiger partial charge on any atom is 0.270 e. The minimum absolute atomic E-state index is 0.0965. The molecule has 0 bridgehead atoms. The zero-order chi connectivity index (χ0) is 13.5. The Labute approximate surface area is 112 Å². The predicted molar refractivity (Wildman–Crippen MR) is 75.0 cm³/mol. The van der Waals surface area contributed by atoms with E-state index in [1.165, 1.54) is 11.3 Å². The van der Waals surface area contributed by atoms with E-state index in [9.17, 15) is 4.79 Å². The van der Waals surface area contributed by atoms with Crippen molar-refractivity contribution in [3.8, 4) is 0 Å². The van der Waals surface area contributed by atoms with Crippen molar-refractivity contribution in [3.63, 3.8) is 0 Å². The molecule has 0 fully saturated rings. The number of hydrogen-bond donors (Lipinski definition) is 2. The Balaban J connectivity index is 2.43. The molecule has 102 valence electrons. The smallest absolute Gasteiger partial charge is 0.270 e. The lowest BCUT2D eigenvalue weighted by Crippen LogP contribution is -2.35. The molecule has 1 heterocycles. The van der Waals surface area contributed by atoms with Crippen molar-refractivity contribution in [1.82, 2.24) is 15.2 Å². The molecule has 1 unspecified atom stereocenters. The first-order chi connectivity index (χ1) is 8.52. The van der Waals surface area contributed by atoms with Gasteiger partial charge in [0.05, 0.1) is 5.01 Å². The van der Waals surface area contributed by atoms with Crippen LogP contribution in [-0.4, -0.2) is 49.0 Å². The van der Waals surface area contributed by atoms with Crippen molar-refractivity contribution in [2.75, 3.05) is 27.2 Å². The lowest BCUT2D eigenvalue weighted by atomic mass is 10.2. The molecule has 1 aromatic heterocycles. The molecule has 1 aromatic rings. The van der Waals surface area contributed by atoms with Gasteiger partial charge >= 0.3 is 0 Å². The average Bonchev–Trinajstić information content (AvgIpc) is 2.75. The lowest BCUT2D eigenvalue weighted by molar-refractivity contribution is 0.0932. The van der Waals surface area contributed by atoms with Crippen LogP contribution in [-0.2, 0) is 6.42 Å². The Kier molecular flexibility index (Phi) is 6.24. The van der Waals surface area contributed by atoms with E-state index in [1.54, 1.807) is 5.38 Å². The predicted octanol–water partition coefficient (Wildman–Crippen LogP) is 0.714. The first-order valence-electron chi connectivity index (χ1n) is 6.13. The first kappa shape index (κ1) is 15.1. The van der Waals surface area contributed by atoms with Gasteiger partial charge in [0.25, 0.3) is 5.91 Å². The van der Waals surface area contributed by atoms with Crippen LogP contribution in [0.2, 0.25) is 0 Å². The third-order valence-electron chi connectivity index (χ3n) is 2.53. The number of nitrogens with one attached hydrogen (secondary N) is 1. The van der Waals surface area contributed by atoms with Gasteiger partial charge in [0.1, 0.15) is 5.69 Å². The Morgan fingerprint density at radius 1 is 1.61 bits per heavy atom. The molecular weight excluding hydrogens is 248 g/mol. The molecule has 0 aliphatic rings. The number of aromatic nitrogens is 1. The third-order valence-corrected chi connectivity index (χ3v) is 3.44. The molecule has 0 spiro atoms. The van der Waals surface area contributed by atoms with Gasteiger partial charge in [-0.15, -0.1) is 11.3 Å². The van der Waals surface area contributed by atoms with E-state index in [2.05, 4.69) is 15.2 Å². The Bertz CT molecular complexity index is 378. The zero-order valence-corrected chi connectivity index (χ0v) is 12.1. The summed E-state index contributed by atoms with van der Waals surface area (Å²) < 4.78 is 0. The number of hydrogen-bond acceptors (Lipinski definition) is 5. The van der Waals surface area contributed by atoms with Crippen molar-refractivity contribution in [3.05, 3.63) is 16.1 Å². The Morgan fingerprint density at radius 3 is 2.94 bits per heavy atom. The minimum atomic E-state index is -0.0965. The van der Waals surface area contributed by atoms with E-state index in [0.717, 1.165) is 24.4 Å². The molecule has 6 heteroatoms. The van der Waals surface area contributed by atoms with Crippen molar-refractivity contribution < 1.29 is 4.79 Å². The number of thiazole rings is 1. The van der Waals surface area contributed by atoms with Crippen LogP contribution >= 0.6 is 11.3 Å². The van der Waals surface area contributed by atoms with Crippen LogP contribution in [0.4, 0.5) is 0 Å². The van der Waals surface area contributed by atoms with E-state index in [4.69, 9.17) is 5.73 Å². The molecule has 18 heavy (non-hydrogen) atoms. The van der Waals surface area contributed by atoms with Crippen molar-refractivity contribution in [2.24, 2.45) is 5.73 Å². The summed E-state index contributed by atoms with van der Waals surface area (Å²) in [5, 5.41) is 5.66. The summed E-state index contributed by atoms with van der Waals surface area (Å²) in [5.74, 6) is -0.0965. The van der Waals surface area contributed by atoms with Crippen LogP contribution in [0.25, 0.3) is 0 Å². The fourth-order valence-corrected chi connectivity index (χ4v) is 2.27. The normalized spacial score (nSPS) is 12.7. The van der Waals surface area contributed by atoms with Crippen molar-refractivity contribution >= 4 is 17.2 Å². The zero-order valence-electron chi connectivity index (χ0n) is 11.3. The molecule has 1 rings (SSSR count). The van der Waals surface area contributed by atoms with Crippen molar-refractivity contribution in [2.45, 2.75) is 25.8 Å². The number of amides is 1. The molecule has 3 N–H and O–H groups in total. The molecule has 1 atom stereocenters. The fraction of sp³-hybridized carbons (Fsp3) is 0.667. The maximum absolute atomic E-state index is 11.9. The number of carbonyl (C=O) groups is 1. The van der Waals surface area contributed by atoms with Gasteiger partial charge in [-0.2, -0.15) is 0 Å². The summed E-state index contributed by atoms with van der Waals surface area (Å²) in [5.41, 5.74) is 5.96. The molecule has 0 radical (unpaired) electrons. The number of nitrogens with two attached hydrogens (primary N) is 1. The second-order valence-corrected chi connectivity index (χ2v) is 5.57. The van der Waals surface area contributed by atoms with Gasteiger partial charge in [-0.3, -0.25) is 4.79 Å². The lowest BCUT2D eigenvalue weighted by Gasteiger charge is -2.16. The van der Waals surface area contributed by atoms with Gasteiger partial charge in [-0.1, -0.05) is 0 Å². The summed E-state index contributed by atoms with van der Waals surface area (Å²) in [6.45, 7) is 3.53. The summed E-state index contributed by atoms with van der Waals surface area (Å²) in [6, 6.07) is 0.152. The van der Waals surface area contributed by atoms with Crippen LogP contribution in [0.3, 0.4) is 0 Å². The number of carbonyl (C=O) groups excluding carboxylic acids is 1. The second kappa shape index (κ2) is 7.45. The van der Waals surface area contributed by atoms with Gasteiger partial charge in [-0.25, -0.2) is 4.98 Å². The SMILES string of the molecule is CC(CCN(C)C)NC(=O)c1csc(CCN)n1. The molecular formula is C12H22N4OS. The van der Waals surface area contributed by atoms with E-state index in [-0.39, 0.29) is 11.9 Å². The number of rotatable bonds is 7. The largest absolute Gasteiger partial charge is 0.348 e. The van der Waals surface area contributed by atoms with E-state index in [1.807, 2.05) is 21.0 Å². The van der Waals surface area contributed by atoms with Gasteiger partial charge < -0.3 is 16.0 Å². The standard InChI is InChI=1S/C12H22N4OS/c1-9(5-7-16(2)3)14-12(17)10-8-18-11(15-10)4-6-13/h8-9H,4-7,13H2,1-3H3,(H,14,17). The average molecular weight is 270 g/mol. The molecule has 0 saturated heterocycles. The van der Waals surface area contributed by atoms with E-state index < -0.39 is 0 Å². The molecule has 1 amide bonds. The molecule has 5 nitrogen and oxygen atoms in total. The number of nitrogens with zero attached hydrogens (tertiary/aromatic N) is 2. The first-order valence-corrected chi connectivity index (χ1v) is 7.01. The van der Waals surface area contributed by atoms with E-state index in [0.29, 0.717) is 12.2 Å². The van der Waals surface area contributed by atoms with Gasteiger partial charge in [0.15, 0.2) is 0 Å². The van der Waals surface area contributed by atoms with Crippen LogP contribution in [0.5, 0.6) is 0 Å². The second-order valence-electron chi connectivity index (χ2n) is 4.63. The van der Waals surface area contributed by atoms with Gasteiger partial charge in [0, 0.05) is 17.8 Å². The monoisotopic (exact) mass is 270 g/mol. The third kappa shape index (κ3) is 5.12. The molecule has 0 aromatic carbocycles. The van der Waals surface area contributed by atoms with Gasteiger partial charge in [-0.05, 0) is 40.5 Å². The van der Waals surface area contributed by atoms with Crippen LogP contribution in [0, 0.1) is 0 Å². The molecule has 0 aliphatic heterocycles. The van der Waals surface area contributed by atoms with Crippen LogP contribution in [0.15, 0.2) is 5.38 Å². The Hall–Kier alpha value is -0.980. The highest BCUT2D eigenvalue weighted by molar-refractivity contribution is 7.09. The minimum Gasteiger partial charge on any atom is -0.348 e. The summed E-state index contributed by atoms with van der Waals surface area (Å²) in [7, 11) is 4.04.